The zero-order valence-corrected chi connectivity index (χ0v) is 24.0. The van der Waals surface area contributed by atoms with E-state index in [-0.39, 0.29) is 0 Å². The molecule has 0 aromatic carbocycles. The Morgan fingerprint density at radius 2 is 1.08 bits per heavy atom. The van der Waals surface area contributed by atoms with E-state index in [1.165, 1.54) is 96.3 Å². The summed E-state index contributed by atoms with van der Waals surface area (Å²) < 4.78 is 113. The first-order chi connectivity index (χ1) is 18.1. The van der Waals surface area contributed by atoms with Gasteiger partial charge in [-0.05, 0) is 12.8 Å². The van der Waals surface area contributed by atoms with Crippen molar-refractivity contribution in [3.63, 3.8) is 0 Å². The minimum absolute atomic E-state index is 0.778. The van der Waals surface area contributed by atoms with Crippen LogP contribution in [0.1, 0.15) is 103 Å². The lowest BCUT2D eigenvalue weighted by Crippen LogP contribution is -2.30. The van der Waals surface area contributed by atoms with E-state index in [2.05, 4.69) is 36.8 Å². The zero-order chi connectivity index (χ0) is 30.0. The molecule has 15 heteroatoms. The van der Waals surface area contributed by atoms with E-state index in [0.717, 1.165) is 10.7 Å². The Balaban J connectivity index is 0.000000830. The van der Waals surface area contributed by atoms with Crippen molar-refractivity contribution in [2.24, 2.45) is 0 Å². The van der Waals surface area contributed by atoms with Crippen molar-refractivity contribution < 1.29 is 47.7 Å². The van der Waals surface area contributed by atoms with E-state index in [0.29, 0.717) is 0 Å². The van der Waals surface area contributed by atoms with Crippen LogP contribution >= 0.6 is 0 Å². The van der Waals surface area contributed by atoms with Gasteiger partial charge in [-0.2, -0.15) is 26.3 Å². The van der Waals surface area contributed by atoms with Crippen LogP contribution in [0.3, 0.4) is 0 Å². The molecule has 0 bridgehead atoms. The number of aryl methyl sites for hydroxylation is 1. The minimum Gasteiger partial charge on any atom is -0.421 e. The number of aromatic nitrogens is 2. The molecule has 0 aliphatic carbocycles. The van der Waals surface area contributed by atoms with Gasteiger partial charge in [-0.25, -0.2) is 26.0 Å². The Bertz CT molecular complexity index is 966. The number of imidazole rings is 1. The molecular formula is C24H41F6N3O4S2. The summed E-state index contributed by atoms with van der Waals surface area (Å²) in [6, 6.07) is 0. The zero-order valence-electron chi connectivity index (χ0n) is 22.4. The lowest BCUT2D eigenvalue weighted by molar-refractivity contribution is -0.696. The average molecular weight is 614 g/mol. The Morgan fingerprint density at radius 3 is 1.38 bits per heavy atom. The normalized spacial score (nSPS) is 12.7. The fourth-order valence-electron chi connectivity index (χ4n) is 3.53. The predicted octanol–water partition coefficient (Wildman–Crippen LogP) is 7.81. The molecule has 0 unspecified atom stereocenters. The quantitative estimate of drug-likeness (QED) is 0.0904. The fraction of sp³-hybridized carbons (Fsp3) is 0.792. The number of hydrogen-bond donors (Lipinski definition) is 0. The Hall–Kier alpha value is -1.61. The van der Waals surface area contributed by atoms with Crippen molar-refractivity contribution >= 4 is 26.2 Å². The second-order valence-electron chi connectivity index (χ2n) is 9.15. The van der Waals surface area contributed by atoms with Gasteiger partial charge >= 0.3 is 11.0 Å². The van der Waals surface area contributed by atoms with Gasteiger partial charge in [0.2, 0.25) is 6.33 Å². The number of nitrogens with zero attached hydrogens (tertiary/aromatic N) is 3. The Kier molecular flexibility index (Phi) is 17.9. The van der Waals surface area contributed by atoms with E-state index < -0.39 is 31.1 Å². The van der Waals surface area contributed by atoms with Crippen LogP contribution in [0.25, 0.3) is 10.3 Å². The highest BCUT2D eigenvalue weighted by molar-refractivity contribution is 8.13. The van der Waals surface area contributed by atoms with E-state index in [4.69, 9.17) is 0 Å². The number of rotatable bonds is 19. The van der Waals surface area contributed by atoms with E-state index in [1.54, 1.807) is 0 Å². The molecule has 0 N–H and O–H groups in total. The van der Waals surface area contributed by atoms with Gasteiger partial charge < -0.3 is 4.13 Å². The fourth-order valence-corrected chi connectivity index (χ4v) is 5.24. The molecule has 0 fully saturated rings. The standard InChI is InChI=1S/C22H41N2.C2F6NO4S2/c1-3-5-6-7-8-9-10-11-12-13-14-15-16-17-18-19-24-21-20-23(4-2)22-24;3-1(4,5)14(10,11)9-15(12,13)2(6,7)8/h4,20-22H,2-3,5-19H2,1H3;/q+1;-1. The molecule has 0 aliphatic heterocycles. The first-order valence-corrected chi connectivity index (χ1v) is 16.0. The molecule has 39 heavy (non-hydrogen) atoms. The van der Waals surface area contributed by atoms with E-state index in [1.807, 2.05) is 10.8 Å². The van der Waals surface area contributed by atoms with Crippen LogP contribution in [0.2, 0.25) is 0 Å². The summed E-state index contributed by atoms with van der Waals surface area (Å²) in [5.74, 6) is 0. The minimum atomic E-state index is -6.72. The maximum Gasteiger partial charge on any atom is 0.480 e. The van der Waals surface area contributed by atoms with Gasteiger partial charge in [0.1, 0.15) is 12.4 Å². The predicted molar refractivity (Wildman–Crippen MR) is 139 cm³/mol. The average Bonchev–Trinajstić information content (AvgIpc) is 3.28. The molecule has 0 spiro atoms. The summed E-state index contributed by atoms with van der Waals surface area (Å²) in [4.78, 5) is 0. The SMILES string of the molecule is C=Cn1cc[n+](CCCCCCCCCCCCCCCCC)c1.O=S(=O)([N-]S(=O)(=O)C(F)(F)F)C(F)(F)F. The van der Waals surface area contributed by atoms with Crippen LogP contribution < -0.4 is 4.57 Å². The molecule has 1 heterocycles. The smallest absolute Gasteiger partial charge is 0.421 e. The largest absolute Gasteiger partial charge is 0.480 e. The molecule has 1 rings (SSSR count). The third kappa shape index (κ3) is 16.9. The highest BCUT2D eigenvalue weighted by Crippen LogP contribution is 2.36. The maximum atomic E-state index is 11.4. The van der Waals surface area contributed by atoms with Crippen LogP contribution in [0, 0.1) is 0 Å². The van der Waals surface area contributed by atoms with Gasteiger partial charge in [-0.1, -0.05) is 97.0 Å². The molecule has 1 aromatic rings. The molecule has 7 nitrogen and oxygen atoms in total. The van der Waals surface area contributed by atoms with Gasteiger partial charge in [0.25, 0.3) is 0 Å². The molecule has 0 amide bonds. The van der Waals surface area contributed by atoms with Crippen molar-refractivity contribution in [2.75, 3.05) is 0 Å². The van der Waals surface area contributed by atoms with Crippen molar-refractivity contribution in [1.29, 1.82) is 0 Å². The van der Waals surface area contributed by atoms with Crippen LogP contribution in [0.4, 0.5) is 26.3 Å². The van der Waals surface area contributed by atoms with Gasteiger partial charge in [-0.3, -0.25) is 0 Å². The summed E-state index contributed by atoms with van der Waals surface area (Å²) in [7, 11) is -13.4. The molecule has 0 atom stereocenters. The summed E-state index contributed by atoms with van der Waals surface area (Å²) in [5, 5.41) is 0. The van der Waals surface area contributed by atoms with Gasteiger partial charge in [0.15, 0.2) is 20.0 Å². The van der Waals surface area contributed by atoms with Crippen molar-refractivity contribution in [1.82, 2.24) is 4.57 Å². The second kappa shape index (κ2) is 18.7. The van der Waals surface area contributed by atoms with Gasteiger partial charge in [0.05, 0.1) is 12.7 Å². The second-order valence-corrected chi connectivity index (χ2v) is 12.6. The number of halogens is 6. The molecule has 0 saturated heterocycles. The highest BCUT2D eigenvalue weighted by Gasteiger charge is 2.46. The molecule has 1 aromatic heterocycles. The Morgan fingerprint density at radius 1 is 0.718 bits per heavy atom. The van der Waals surface area contributed by atoms with E-state index >= 15 is 0 Å². The molecule has 0 saturated carbocycles. The van der Waals surface area contributed by atoms with Gasteiger partial charge in [-0.15, -0.1) is 0 Å². The highest BCUT2D eigenvalue weighted by atomic mass is 32.3. The van der Waals surface area contributed by atoms with Crippen LogP contribution in [0.15, 0.2) is 25.3 Å². The third-order valence-corrected chi connectivity index (χ3v) is 8.46. The van der Waals surface area contributed by atoms with Gasteiger partial charge in [0, 0.05) is 0 Å². The summed E-state index contributed by atoms with van der Waals surface area (Å²) in [5.41, 5.74) is -12.4. The van der Waals surface area contributed by atoms with Crippen molar-refractivity contribution in [3.8, 4) is 0 Å². The lowest BCUT2D eigenvalue weighted by atomic mass is 10.0. The summed E-state index contributed by atoms with van der Waals surface area (Å²) in [6.07, 6.45) is 29.5. The summed E-state index contributed by atoms with van der Waals surface area (Å²) >= 11 is 0. The first kappa shape index (κ1) is 37.4. The Labute approximate surface area is 228 Å². The number of alkyl halides is 6. The lowest BCUT2D eigenvalue weighted by Gasteiger charge is -2.22. The van der Waals surface area contributed by atoms with Crippen LogP contribution in [-0.2, 0) is 26.6 Å². The molecular weight excluding hydrogens is 572 g/mol. The number of sulfonamides is 2. The van der Waals surface area contributed by atoms with Crippen molar-refractivity contribution in [3.05, 3.63) is 29.4 Å². The monoisotopic (exact) mass is 613 g/mol. The maximum absolute atomic E-state index is 11.4. The number of hydrogen-bond acceptors (Lipinski definition) is 4. The summed E-state index contributed by atoms with van der Waals surface area (Å²) in [6.45, 7) is 7.20. The van der Waals surface area contributed by atoms with Crippen molar-refractivity contribution in [2.45, 2.75) is 121 Å². The van der Waals surface area contributed by atoms with E-state index in [9.17, 15) is 43.2 Å². The topological polar surface area (TPSA) is 91.2 Å². The molecule has 230 valence electrons. The van der Waals surface area contributed by atoms with Crippen LogP contribution in [0.5, 0.6) is 0 Å². The molecule has 0 aliphatic rings. The van der Waals surface area contributed by atoms with Crippen LogP contribution in [-0.4, -0.2) is 32.4 Å². The third-order valence-electron chi connectivity index (χ3n) is 5.72. The molecule has 0 radical (unpaired) electrons. The first-order valence-electron chi connectivity index (χ1n) is 13.1. The number of unbranched alkanes of at least 4 members (excludes halogenated alkanes) is 14.